The molecular weight excluding hydrogens is 250 g/mol. The molecule has 18 heavy (non-hydrogen) atoms. The molecule has 1 aliphatic heterocycles. The predicted molar refractivity (Wildman–Crippen MR) is 73.3 cm³/mol. The van der Waals surface area contributed by atoms with E-state index in [-0.39, 0.29) is 5.84 Å². The molecule has 2 heterocycles. The molecule has 1 unspecified atom stereocenters. The van der Waals surface area contributed by atoms with Gasteiger partial charge in [-0.05, 0) is 12.5 Å². The van der Waals surface area contributed by atoms with Crippen molar-refractivity contribution in [3.05, 3.63) is 17.8 Å². The summed E-state index contributed by atoms with van der Waals surface area (Å²) in [6, 6.07) is 1.72. The molecule has 7 heteroatoms. The monoisotopic (exact) mass is 267 g/mol. The van der Waals surface area contributed by atoms with Crippen molar-refractivity contribution in [2.75, 3.05) is 23.7 Å². The first-order valence-corrected chi connectivity index (χ1v) is 6.97. The topological polar surface area (TPSA) is 87.6 Å². The number of nitrogens with zero attached hydrogens (tertiary/aromatic N) is 4. The molecule has 1 saturated heterocycles. The van der Waals surface area contributed by atoms with E-state index in [1.807, 2.05) is 11.8 Å². The van der Waals surface area contributed by atoms with E-state index in [2.05, 4.69) is 27.2 Å². The van der Waals surface area contributed by atoms with E-state index in [0.717, 1.165) is 25.3 Å². The number of nitrogens with two attached hydrogens (primary N) is 1. The number of anilines is 1. The predicted octanol–water partition coefficient (Wildman–Crippen LogP) is 0.903. The first-order valence-electron chi connectivity index (χ1n) is 5.92. The molecule has 98 valence electrons. The lowest BCUT2D eigenvalue weighted by Crippen LogP contribution is -2.39. The maximum atomic E-state index is 8.80. The molecule has 2 rings (SSSR count). The Balaban J connectivity index is 2.27. The molecule has 0 radical (unpaired) electrons. The minimum atomic E-state index is 0.0752. The highest BCUT2D eigenvalue weighted by molar-refractivity contribution is 8.00. The lowest BCUT2D eigenvalue weighted by atomic mass is 10.2. The summed E-state index contributed by atoms with van der Waals surface area (Å²) >= 11 is 1.98. The molecule has 1 aromatic heterocycles. The number of rotatable bonds is 3. The minimum absolute atomic E-state index is 0.0752. The highest BCUT2D eigenvalue weighted by Crippen LogP contribution is 2.26. The number of hydrogen-bond acceptors (Lipinski definition) is 6. The zero-order chi connectivity index (χ0) is 13.0. The van der Waals surface area contributed by atoms with Gasteiger partial charge in [-0.15, -0.1) is 5.10 Å². The van der Waals surface area contributed by atoms with Crippen molar-refractivity contribution in [3.63, 3.8) is 0 Å². The third-order valence-electron chi connectivity index (χ3n) is 2.98. The van der Waals surface area contributed by atoms with Crippen molar-refractivity contribution in [1.29, 1.82) is 0 Å². The largest absolute Gasteiger partial charge is 0.409 e. The van der Waals surface area contributed by atoms with E-state index in [4.69, 9.17) is 10.9 Å². The quantitative estimate of drug-likeness (QED) is 0.366. The van der Waals surface area contributed by atoms with Gasteiger partial charge in [-0.3, -0.25) is 0 Å². The second-order valence-electron chi connectivity index (χ2n) is 4.10. The number of thioether (sulfide) groups is 1. The Kier molecular flexibility index (Phi) is 4.24. The van der Waals surface area contributed by atoms with Crippen molar-refractivity contribution >= 4 is 23.4 Å². The van der Waals surface area contributed by atoms with E-state index in [1.165, 1.54) is 0 Å². The average Bonchev–Trinajstić information content (AvgIpc) is 2.46. The van der Waals surface area contributed by atoms with Gasteiger partial charge < -0.3 is 15.8 Å². The Labute approximate surface area is 110 Å². The molecule has 1 fully saturated rings. The van der Waals surface area contributed by atoms with Gasteiger partial charge in [-0.2, -0.15) is 16.9 Å². The van der Waals surface area contributed by atoms with Gasteiger partial charge in [0.25, 0.3) is 0 Å². The summed E-state index contributed by atoms with van der Waals surface area (Å²) in [5.41, 5.74) is 6.30. The number of aromatic nitrogens is 2. The lowest BCUT2D eigenvalue weighted by molar-refractivity contribution is 0.318. The van der Waals surface area contributed by atoms with Crippen LogP contribution >= 0.6 is 11.8 Å². The van der Waals surface area contributed by atoms with Crippen LogP contribution < -0.4 is 10.6 Å². The van der Waals surface area contributed by atoms with Crippen molar-refractivity contribution < 1.29 is 5.21 Å². The summed E-state index contributed by atoms with van der Waals surface area (Å²) < 4.78 is 0. The molecule has 1 atom stereocenters. The second kappa shape index (κ2) is 5.90. The fraction of sp³-hybridized carbons (Fsp3) is 0.545. The number of oxime groups is 1. The summed E-state index contributed by atoms with van der Waals surface area (Å²) in [6.45, 7) is 4.01. The van der Waals surface area contributed by atoms with Gasteiger partial charge in [-0.1, -0.05) is 12.1 Å². The molecule has 0 saturated carbocycles. The zero-order valence-electron chi connectivity index (χ0n) is 10.3. The average molecular weight is 267 g/mol. The summed E-state index contributed by atoms with van der Waals surface area (Å²) in [6.07, 6.45) is 2.67. The SMILES string of the molecule is CCC1CN(c2nnccc2/C(N)=N/O)CCS1. The van der Waals surface area contributed by atoms with Crippen LogP contribution in [0.1, 0.15) is 18.9 Å². The van der Waals surface area contributed by atoms with E-state index in [1.54, 1.807) is 12.3 Å². The van der Waals surface area contributed by atoms with Crippen molar-refractivity contribution in [2.24, 2.45) is 10.9 Å². The second-order valence-corrected chi connectivity index (χ2v) is 5.51. The maximum Gasteiger partial charge on any atom is 0.173 e. The Morgan fingerprint density at radius 3 is 3.28 bits per heavy atom. The molecule has 3 N–H and O–H groups in total. The van der Waals surface area contributed by atoms with E-state index in [0.29, 0.717) is 16.6 Å². The molecule has 0 aromatic carbocycles. The van der Waals surface area contributed by atoms with Crippen molar-refractivity contribution in [3.8, 4) is 0 Å². The molecule has 0 aliphatic carbocycles. The first-order chi connectivity index (χ1) is 8.76. The van der Waals surface area contributed by atoms with Gasteiger partial charge in [0, 0.05) is 24.1 Å². The van der Waals surface area contributed by atoms with Crippen molar-refractivity contribution in [2.45, 2.75) is 18.6 Å². The summed E-state index contributed by atoms with van der Waals surface area (Å²) in [4.78, 5) is 2.16. The van der Waals surface area contributed by atoms with Gasteiger partial charge in [-0.25, -0.2) is 0 Å². The lowest BCUT2D eigenvalue weighted by Gasteiger charge is -2.33. The molecule has 1 aromatic rings. The Bertz CT molecular complexity index is 439. The van der Waals surface area contributed by atoms with E-state index >= 15 is 0 Å². The van der Waals surface area contributed by atoms with Crippen LogP contribution in [0, 0.1) is 0 Å². The summed E-state index contributed by atoms with van der Waals surface area (Å²) in [5, 5.41) is 20.5. The highest BCUT2D eigenvalue weighted by atomic mass is 32.2. The smallest absolute Gasteiger partial charge is 0.173 e. The normalized spacial score (nSPS) is 21.1. The fourth-order valence-electron chi connectivity index (χ4n) is 1.97. The number of amidine groups is 1. The van der Waals surface area contributed by atoms with Crippen LogP contribution in [0.25, 0.3) is 0 Å². The van der Waals surface area contributed by atoms with Crippen LogP contribution in [-0.2, 0) is 0 Å². The summed E-state index contributed by atoms with van der Waals surface area (Å²) in [5.74, 6) is 1.84. The van der Waals surface area contributed by atoms with Crippen LogP contribution in [0.2, 0.25) is 0 Å². The van der Waals surface area contributed by atoms with Crippen LogP contribution in [0.3, 0.4) is 0 Å². The zero-order valence-corrected chi connectivity index (χ0v) is 11.1. The Morgan fingerprint density at radius 1 is 1.72 bits per heavy atom. The standard InChI is InChI=1S/C11H17N5OS/c1-2-8-7-16(5-6-18-8)11-9(10(12)15-17)3-4-13-14-11/h3-4,8,17H,2,5-7H2,1H3,(H2,12,15). The van der Waals surface area contributed by atoms with Gasteiger partial charge in [0.15, 0.2) is 11.7 Å². The molecule has 0 spiro atoms. The van der Waals surface area contributed by atoms with Crippen LogP contribution in [0.15, 0.2) is 17.4 Å². The third kappa shape index (κ3) is 2.66. The fourth-order valence-corrected chi connectivity index (χ4v) is 3.15. The third-order valence-corrected chi connectivity index (χ3v) is 4.35. The van der Waals surface area contributed by atoms with Gasteiger partial charge in [0.2, 0.25) is 0 Å². The Morgan fingerprint density at radius 2 is 2.56 bits per heavy atom. The maximum absolute atomic E-state index is 8.80. The molecule has 0 amide bonds. The summed E-state index contributed by atoms with van der Waals surface area (Å²) in [7, 11) is 0. The minimum Gasteiger partial charge on any atom is -0.409 e. The van der Waals surface area contributed by atoms with Gasteiger partial charge in [0.05, 0.1) is 11.8 Å². The molecule has 1 aliphatic rings. The Hall–Kier alpha value is -1.50. The molecule has 0 bridgehead atoms. The van der Waals surface area contributed by atoms with E-state index < -0.39 is 0 Å². The van der Waals surface area contributed by atoms with Crippen molar-refractivity contribution in [1.82, 2.24) is 10.2 Å². The highest BCUT2D eigenvalue weighted by Gasteiger charge is 2.23. The van der Waals surface area contributed by atoms with Gasteiger partial charge >= 0.3 is 0 Å². The molecular formula is C11H17N5OS. The number of hydrogen-bond donors (Lipinski definition) is 2. The van der Waals surface area contributed by atoms with Crippen LogP contribution in [0.5, 0.6) is 0 Å². The van der Waals surface area contributed by atoms with E-state index in [9.17, 15) is 0 Å². The van der Waals surface area contributed by atoms with Crippen LogP contribution in [-0.4, -0.2) is 45.3 Å². The molecule has 6 nitrogen and oxygen atoms in total. The van der Waals surface area contributed by atoms with Gasteiger partial charge in [0.1, 0.15) is 0 Å². The van der Waals surface area contributed by atoms with Crippen LogP contribution in [0.4, 0.5) is 5.82 Å². The first kappa shape index (κ1) is 12.9.